The van der Waals surface area contributed by atoms with Gasteiger partial charge in [-0.2, -0.15) is 0 Å². The molecule has 2 N–H and O–H groups in total. The third kappa shape index (κ3) is 8.35. The van der Waals surface area contributed by atoms with Crippen LogP contribution in [0, 0.1) is 0 Å². The van der Waals surface area contributed by atoms with E-state index < -0.39 is 0 Å². The maximum atomic E-state index is 12.2. The Kier molecular flexibility index (Phi) is 9.57. The van der Waals surface area contributed by atoms with Gasteiger partial charge in [0.25, 0.3) is 0 Å². The molecule has 6 nitrogen and oxygen atoms in total. The van der Waals surface area contributed by atoms with E-state index in [1.807, 2.05) is 30.3 Å². The Morgan fingerprint density at radius 3 is 2.19 bits per heavy atom. The number of amides is 3. The first-order valence-corrected chi connectivity index (χ1v) is 11.7. The molecule has 1 heterocycles. The minimum atomic E-state index is -0.179. The number of carbonyl (C=O) groups excluding carboxylic acids is 2. The summed E-state index contributed by atoms with van der Waals surface area (Å²) >= 11 is 0. The maximum absolute atomic E-state index is 12.2. The van der Waals surface area contributed by atoms with Gasteiger partial charge < -0.3 is 15.5 Å². The van der Waals surface area contributed by atoms with E-state index in [2.05, 4.69) is 39.8 Å². The van der Waals surface area contributed by atoms with Crippen molar-refractivity contribution in [3.63, 3.8) is 0 Å². The van der Waals surface area contributed by atoms with Crippen LogP contribution >= 0.6 is 0 Å². The van der Waals surface area contributed by atoms with Gasteiger partial charge in [-0.25, -0.2) is 4.79 Å². The van der Waals surface area contributed by atoms with Gasteiger partial charge in [0, 0.05) is 39.6 Å². The largest absolute Gasteiger partial charge is 0.352 e. The molecule has 3 rings (SSSR count). The molecule has 32 heavy (non-hydrogen) atoms. The van der Waals surface area contributed by atoms with Crippen LogP contribution in [0.3, 0.4) is 0 Å². The molecule has 2 aromatic rings. The zero-order valence-electron chi connectivity index (χ0n) is 19.2. The minimum absolute atomic E-state index is 0.0651. The van der Waals surface area contributed by atoms with Gasteiger partial charge in [-0.3, -0.25) is 9.69 Å². The topological polar surface area (TPSA) is 64.7 Å². The van der Waals surface area contributed by atoms with Crippen LogP contribution in [0.4, 0.5) is 4.79 Å². The van der Waals surface area contributed by atoms with Crippen LogP contribution in [-0.2, 0) is 24.4 Å². The predicted octanol–water partition coefficient (Wildman–Crippen LogP) is 3.91. The van der Waals surface area contributed by atoms with E-state index in [9.17, 15) is 9.59 Å². The summed E-state index contributed by atoms with van der Waals surface area (Å²) < 4.78 is 0. The Bertz CT molecular complexity index is 831. The average Bonchev–Trinajstić information content (AvgIpc) is 3.08. The summed E-state index contributed by atoms with van der Waals surface area (Å²) in [5, 5.41) is 5.74. The molecule has 0 unspecified atom stereocenters. The summed E-state index contributed by atoms with van der Waals surface area (Å²) in [7, 11) is 1.75. The highest BCUT2D eigenvalue weighted by molar-refractivity contribution is 5.78. The van der Waals surface area contributed by atoms with Crippen molar-refractivity contribution < 1.29 is 9.59 Å². The predicted molar refractivity (Wildman–Crippen MR) is 128 cm³/mol. The van der Waals surface area contributed by atoms with E-state index in [-0.39, 0.29) is 18.4 Å². The Labute approximate surface area is 192 Å². The van der Waals surface area contributed by atoms with Crippen molar-refractivity contribution in [1.82, 2.24) is 20.4 Å². The maximum Gasteiger partial charge on any atom is 0.317 e. The lowest BCUT2D eigenvalue weighted by Gasteiger charge is -2.19. The first-order chi connectivity index (χ1) is 15.6. The molecule has 0 spiro atoms. The van der Waals surface area contributed by atoms with Gasteiger partial charge in [-0.05, 0) is 42.6 Å². The van der Waals surface area contributed by atoms with E-state index in [4.69, 9.17) is 0 Å². The standard InChI is InChI=1S/C26H36N4O2/c1-29(20-23-9-5-4-6-10-23)26(32)27-16-15-25(31)28-19-22-11-13-24(14-12-22)21-30-17-7-2-3-8-18-30/h4-6,9-14H,2-3,7-8,15-21H2,1H3,(H,27,32)(H,28,31). The molecule has 2 aromatic carbocycles. The molecule has 3 amide bonds. The lowest BCUT2D eigenvalue weighted by molar-refractivity contribution is -0.121. The van der Waals surface area contributed by atoms with E-state index >= 15 is 0 Å². The number of urea groups is 1. The number of nitrogens with zero attached hydrogens (tertiary/aromatic N) is 2. The highest BCUT2D eigenvalue weighted by Crippen LogP contribution is 2.14. The van der Waals surface area contributed by atoms with Gasteiger partial charge in [-0.1, -0.05) is 67.4 Å². The Morgan fingerprint density at radius 2 is 1.50 bits per heavy atom. The molecule has 0 saturated carbocycles. The quantitative estimate of drug-likeness (QED) is 0.626. The van der Waals surface area contributed by atoms with Crippen LogP contribution in [0.2, 0.25) is 0 Å². The molecule has 0 bridgehead atoms. The Balaban J connectivity index is 1.31. The molecule has 172 valence electrons. The third-order valence-corrected chi connectivity index (χ3v) is 5.86. The van der Waals surface area contributed by atoms with E-state index in [0.717, 1.165) is 17.7 Å². The van der Waals surface area contributed by atoms with Gasteiger partial charge in [0.1, 0.15) is 0 Å². The first kappa shape index (κ1) is 23.8. The van der Waals surface area contributed by atoms with Gasteiger partial charge in [0.05, 0.1) is 0 Å². The number of hydrogen-bond acceptors (Lipinski definition) is 3. The second-order valence-electron chi connectivity index (χ2n) is 8.61. The zero-order valence-corrected chi connectivity index (χ0v) is 19.2. The van der Waals surface area contributed by atoms with E-state index in [0.29, 0.717) is 19.6 Å². The Hall–Kier alpha value is -2.86. The number of likely N-dealkylation sites (tertiary alicyclic amines) is 1. The highest BCUT2D eigenvalue weighted by atomic mass is 16.2. The van der Waals surface area contributed by atoms with E-state index in [1.165, 1.54) is 44.3 Å². The van der Waals surface area contributed by atoms with Crippen molar-refractivity contribution in [2.45, 2.75) is 51.7 Å². The first-order valence-electron chi connectivity index (χ1n) is 11.7. The second-order valence-corrected chi connectivity index (χ2v) is 8.61. The van der Waals surface area contributed by atoms with Crippen LogP contribution < -0.4 is 10.6 Å². The molecule has 1 aliphatic heterocycles. The summed E-state index contributed by atoms with van der Waals surface area (Å²) in [6, 6.07) is 18.2. The SMILES string of the molecule is CN(Cc1ccccc1)C(=O)NCCC(=O)NCc1ccc(CN2CCCCCC2)cc1. The molecule has 6 heteroatoms. The zero-order chi connectivity index (χ0) is 22.6. The summed E-state index contributed by atoms with van der Waals surface area (Å²) in [5.74, 6) is -0.0651. The van der Waals surface area contributed by atoms with Crippen molar-refractivity contribution in [1.29, 1.82) is 0 Å². The molecule has 0 aliphatic carbocycles. The number of hydrogen-bond donors (Lipinski definition) is 2. The van der Waals surface area contributed by atoms with Crippen LogP contribution in [0.15, 0.2) is 54.6 Å². The number of nitrogens with one attached hydrogen (secondary N) is 2. The van der Waals surface area contributed by atoms with Gasteiger partial charge in [0.2, 0.25) is 5.91 Å². The normalized spacial score (nSPS) is 14.4. The molecule has 0 atom stereocenters. The monoisotopic (exact) mass is 436 g/mol. The van der Waals surface area contributed by atoms with Crippen LogP contribution in [-0.4, -0.2) is 48.4 Å². The smallest absolute Gasteiger partial charge is 0.317 e. The molecular formula is C26H36N4O2. The molecule has 1 fully saturated rings. The fourth-order valence-corrected chi connectivity index (χ4v) is 3.95. The lowest BCUT2D eigenvalue weighted by atomic mass is 10.1. The van der Waals surface area contributed by atoms with E-state index in [1.54, 1.807) is 11.9 Å². The second kappa shape index (κ2) is 12.9. The van der Waals surface area contributed by atoms with Crippen molar-refractivity contribution in [2.75, 3.05) is 26.7 Å². The van der Waals surface area contributed by atoms with Crippen molar-refractivity contribution >= 4 is 11.9 Å². The van der Waals surface area contributed by atoms with Crippen LogP contribution in [0.5, 0.6) is 0 Å². The van der Waals surface area contributed by atoms with Gasteiger partial charge in [0.15, 0.2) is 0 Å². The van der Waals surface area contributed by atoms with Crippen molar-refractivity contribution in [3.8, 4) is 0 Å². The fourth-order valence-electron chi connectivity index (χ4n) is 3.95. The fraction of sp³-hybridized carbons (Fsp3) is 0.462. The number of carbonyl (C=O) groups is 2. The minimum Gasteiger partial charge on any atom is -0.352 e. The molecule has 1 saturated heterocycles. The summed E-state index contributed by atoms with van der Waals surface area (Å²) in [5.41, 5.74) is 3.48. The number of benzene rings is 2. The van der Waals surface area contributed by atoms with Crippen LogP contribution in [0.25, 0.3) is 0 Å². The van der Waals surface area contributed by atoms with Gasteiger partial charge >= 0.3 is 6.03 Å². The lowest BCUT2D eigenvalue weighted by Crippen LogP contribution is -2.38. The Morgan fingerprint density at radius 1 is 0.844 bits per heavy atom. The number of rotatable bonds is 9. The summed E-state index contributed by atoms with van der Waals surface area (Å²) in [4.78, 5) is 28.5. The van der Waals surface area contributed by atoms with Crippen LogP contribution in [0.1, 0.15) is 48.8 Å². The molecule has 1 aliphatic rings. The summed E-state index contributed by atoms with van der Waals surface area (Å²) in [6.07, 6.45) is 5.56. The highest BCUT2D eigenvalue weighted by Gasteiger charge is 2.11. The molecule has 0 aromatic heterocycles. The summed E-state index contributed by atoms with van der Waals surface area (Å²) in [6.45, 7) is 4.74. The molecular weight excluding hydrogens is 400 g/mol. The third-order valence-electron chi connectivity index (χ3n) is 5.86. The molecule has 0 radical (unpaired) electrons. The van der Waals surface area contributed by atoms with Crippen molar-refractivity contribution in [2.24, 2.45) is 0 Å². The van der Waals surface area contributed by atoms with Gasteiger partial charge in [-0.15, -0.1) is 0 Å². The average molecular weight is 437 g/mol. The van der Waals surface area contributed by atoms with Crippen molar-refractivity contribution in [3.05, 3.63) is 71.3 Å².